The van der Waals surface area contributed by atoms with Gasteiger partial charge >= 0.3 is 0 Å². The van der Waals surface area contributed by atoms with Gasteiger partial charge in [0.1, 0.15) is 18.2 Å². The molecule has 2 unspecified atom stereocenters. The van der Waals surface area contributed by atoms with Crippen molar-refractivity contribution in [1.29, 1.82) is 0 Å². The number of carbonyl (C=O) groups is 1. The summed E-state index contributed by atoms with van der Waals surface area (Å²) in [6.45, 7) is 3.09. The Hall–Kier alpha value is -3.18. The van der Waals surface area contributed by atoms with Crippen molar-refractivity contribution in [2.45, 2.75) is 23.9 Å². The van der Waals surface area contributed by atoms with Crippen LogP contribution in [0, 0.1) is 0 Å². The van der Waals surface area contributed by atoms with Gasteiger partial charge in [0, 0.05) is 24.2 Å². The van der Waals surface area contributed by atoms with Gasteiger partial charge < -0.3 is 15.0 Å². The third-order valence-corrected chi connectivity index (χ3v) is 7.04. The van der Waals surface area contributed by atoms with Crippen molar-refractivity contribution >= 4 is 28.4 Å². The average Bonchev–Trinajstić information content (AvgIpc) is 3.23. The molecule has 0 spiro atoms. The number of likely N-dealkylation sites (tertiary alicyclic amines) is 1. The fraction of sp³-hybridized carbons (Fsp3) is 0.222. The van der Waals surface area contributed by atoms with Crippen LogP contribution < -0.4 is 10.1 Å². The SMILES string of the molecule is CCOc1ccc2ccccc2c1C(=O)N1CC(c2cccc([SH+]C)c2)C2=CC=CNC21. The highest BCUT2D eigenvalue weighted by Crippen LogP contribution is 2.40. The van der Waals surface area contributed by atoms with E-state index >= 15 is 0 Å². The lowest BCUT2D eigenvalue weighted by Gasteiger charge is -2.28. The van der Waals surface area contributed by atoms with E-state index in [1.165, 1.54) is 27.8 Å². The summed E-state index contributed by atoms with van der Waals surface area (Å²) in [5, 5.41) is 5.39. The molecule has 2 heterocycles. The molecule has 1 saturated heterocycles. The number of allylic oxidation sites excluding steroid dienone is 2. The summed E-state index contributed by atoms with van der Waals surface area (Å²) in [5.41, 5.74) is 3.12. The van der Waals surface area contributed by atoms with Crippen LogP contribution in [0.2, 0.25) is 0 Å². The molecule has 0 bridgehead atoms. The molecule has 3 aromatic rings. The molecule has 162 valence electrons. The second-order valence-electron chi connectivity index (χ2n) is 8.02. The molecule has 2 aliphatic heterocycles. The summed E-state index contributed by atoms with van der Waals surface area (Å²) in [6, 6.07) is 20.7. The Morgan fingerprint density at radius 2 is 2.03 bits per heavy atom. The molecule has 5 heteroatoms. The lowest BCUT2D eigenvalue weighted by Crippen LogP contribution is -2.44. The van der Waals surface area contributed by atoms with Crippen molar-refractivity contribution in [3.63, 3.8) is 0 Å². The van der Waals surface area contributed by atoms with E-state index in [1.807, 2.05) is 60.5 Å². The van der Waals surface area contributed by atoms with Gasteiger partial charge in [-0.15, -0.1) is 0 Å². The van der Waals surface area contributed by atoms with E-state index in [1.54, 1.807) is 0 Å². The van der Waals surface area contributed by atoms with Crippen LogP contribution in [-0.2, 0) is 11.8 Å². The maximum absolute atomic E-state index is 14.1. The first kappa shape index (κ1) is 20.7. The van der Waals surface area contributed by atoms with Crippen molar-refractivity contribution in [1.82, 2.24) is 10.2 Å². The van der Waals surface area contributed by atoms with E-state index in [4.69, 9.17) is 4.74 Å². The molecule has 0 aliphatic carbocycles. The average molecular weight is 444 g/mol. The van der Waals surface area contributed by atoms with Gasteiger partial charge in [0.25, 0.3) is 5.91 Å². The minimum absolute atomic E-state index is 0.00350. The lowest BCUT2D eigenvalue weighted by molar-refractivity contribution is 0.0730. The largest absolute Gasteiger partial charge is 0.493 e. The quantitative estimate of drug-likeness (QED) is 0.461. The number of carbonyl (C=O) groups excluding carboxylic acids is 1. The minimum atomic E-state index is -0.159. The van der Waals surface area contributed by atoms with Gasteiger partial charge in [0.15, 0.2) is 4.90 Å². The summed E-state index contributed by atoms with van der Waals surface area (Å²) in [7, 11) is 0. The van der Waals surface area contributed by atoms with Crippen LogP contribution >= 0.6 is 0 Å². The normalized spacial score (nSPS) is 19.4. The van der Waals surface area contributed by atoms with Crippen LogP contribution in [0.25, 0.3) is 10.8 Å². The van der Waals surface area contributed by atoms with E-state index in [9.17, 15) is 4.79 Å². The van der Waals surface area contributed by atoms with E-state index in [0.717, 1.165) is 10.8 Å². The van der Waals surface area contributed by atoms with E-state index in [-0.39, 0.29) is 18.0 Å². The van der Waals surface area contributed by atoms with Gasteiger partial charge in [0.2, 0.25) is 0 Å². The summed E-state index contributed by atoms with van der Waals surface area (Å²) >= 11 is 1.24. The predicted octanol–water partition coefficient (Wildman–Crippen LogP) is 4.65. The van der Waals surface area contributed by atoms with E-state index in [2.05, 4.69) is 41.9 Å². The van der Waals surface area contributed by atoms with Gasteiger partial charge in [-0.3, -0.25) is 4.79 Å². The predicted molar refractivity (Wildman–Crippen MR) is 132 cm³/mol. The number of dihydropyridines is 1. The fourth-order valence-corrected chi connectivity index (χ4v) is 5.26. The molecular weight excluding hydrogens is 416 g/mol. The number of ether oxygens (including phenoxy) is 1. The van der Waals surface area contributed by atoms with Gasteiger partial charge in [-0.25, -0.2) is 0 Å². The second-order valence-corrected chi connectivity index (χ2v) is 8.98. The number of fused-ring (bicyclic) bond motifs is 2. The number of thiol groups is 1. The van der Waals surface area contributed by atoms with Gasteiger partial charge in [-0.2, -0.15) is 0 Å². The van der Waals surface area contributed by atoms with Gasteiger partial charge in [-0.05, 0) is 59.3 Å². The Kier molecular flexibility index (Phi) is 5.66. The number of benzene rings is 3. The zero-order valence-electron chi connectivity index (χ0n) is 18.3. The summed E-state index contributed by atoms with van der Waals surface area (Å²) in [4.78, 5) is 17.3. The van der Waals surface area contributed by atoms with Gasteiger partial charge in [-0.1, -0.05) is 48.5 Å². The molecule has 5 rings (SSSR count). The molecule has 2 aliphatic rings. The van der Waals surface area contributed by atoms with Crippen LogP contribution in [0.5, 0.6) is 5.75 Å². The number of nitrogens with zero attached hydrogens (tertiary/aromatic N) is 1. The van der Waals surface area contributed by atoms with Gasteiger partial charge in [0.05, 0.1) is 12.2 Å². The molecule has 2 atom stereocenters. The number of amides is 1. The zero-order valence-corrected chi connectivity index (χ0v) is 19.2. The highest BCUT2D eigenvalue weighted by molar-refractivity contribution is 7.77. The van der Waals surface area contributed by atoms with Crippen LogP contribution in [0.4, 0.5) is 0 Å². The Bertz CT molecular complexity index is 1230. The van der Waals surface area contributed by atoms with Crippen molar-refractivity contribution in [2.24, 2.45) is 0 Å². The molecule has 0 radical (unpaired) electrons. The number of hydrogen-bond donors (Lipinski definition) is 1. The molecular formula is C27H27N2O2S+. The van der Waals surface area contributed by atoms with Crippen molar-refractivity contribution < 1.29 is 9.53 Å². The topological polar surface area (TPSA) is 41.6 Å². The van der Waals surface area contributed by atoms with Crippen LogP contribution in [0.3, 0.4) is 0 Å². The fourth-order valence-electron chi connectivity index (χ4n) is 4.75. The number of nitrogens with one attached hydrogen (secondary N) is 1. The second kappa shape index (κ2) is 8.75. The molecule has 0 saturated carbocycles. The first-order chi connectivity index (χ1) is 15.7. The summed E-state index contributed by atoms with van der Waals surface area (Å²) < 4.78 is 5.91. The van der Waals surface area contributed by atoms with Crippen molar-refractivity contribution in [3.8, 4) is 5.75 Å². The number of hydrogen-bond acceptors (Lipinski definition) is 3. The minimum Gasteiger partial charge on any atom is -0.493 e. The van der Waals surface area contributed by atoms with E-state index < -0.39 is 0 Å². The zero-order chi connectivity index (χ0) is 22.1. The van der Waals surface area contributed by atoms with E-state index in [0.29, 0.717) is 24.5 Å². The monoisotopic (exact) mass is 443 g/mol. The first-order valence-electron chi connectivity index (χ1n) is 11.0. The maximum Gasteiger partial charge on any atom is 0.260 e. The molecule has 1 fully saturated rings. The molecule has 4 nitrogen and oxygen atoms in total. The highest BCUT2D eigenvalue weighted by atomic mass is 32.2. The van der Waals surface area contributed by atoms with Crippen LogP contribution in [-0.4, -0.2) is 36.4 Å². The maximum atomic E-state index is 14.1. The molecule has 0 aromatic heterocycles. The third kappa shape index (κ3) is 3.56. The molecule has 1 amide bonds. The molecule has 3 aromatic carbocycles. The Labute approximate surface area is 193 Å². The highest BCUT2D eigenvalue weighted by Gasteiger charge is 2.41. The molecule has 32 heavy (non-hydrogen) atoms. The smallest absolute Gasteiger partial charge is 0.260 e. The van der Waals surface area contributed by atoms with Crippen molar-refractivity contribution in [2.75, 3.05) is 19.4 Å². The van der Waals surface area contributed by atoms with Crippen LogP contribution in [0.15, 0.2) is 89.5 Å². The summed E-state index contributed by atoms with van der Waals surface area (Å²) in [6.07, 6.45) is 8.09. The third-order valence-electron chi connectivity index (χ3n) is 6.24. The Balaban J connectivity index is 1.58. The van der Waals surface area contributed by atoms with Crippen molar-refractivity contribution in [3.05, 3.63) is 95.7 Å². The first-order valence-corrected chi connectivity index (χ1v) is 12.3. The Morgan fingerprint density at radius 1 is 1.16 bits per heavy atom. The number of rotatable bonds is 5. The van der Waals surface area contributed by atoms with Crippen LogP contribution in [0.1, 0.15) is 28.8 Å². The summed E-state index contributed by atoms with van der Waals surface area (Å²) in [5.74, 6) is 0.799. The Morgan fingerprint density at radius 3 is 2.88 bits per heavy atom. The lowest BCUT2D eigenvalue weighted by atomic mass is 9.92. The molecule has 1 N–H and O–H groups in total. The standard InChI is InChI=1S/C27H26N2O2S/c1-3-31-24-14-13-18-8-4-5-11-21(18)25(24)27(30)29-17-23(22-12-7-15-28-26(22)29)19-9-6-10-20(16-19)32-2/h4-16,23,26,28H,3,17H2,1-2H3/p+1.